The number of phosphoric ester groups is 2. The van der Waals surface area contributed by atoms with Crippen LogP contribution in [0.25, 0.3) is 0 Å². The summed E-state index contributed by atoms with van der Waals surface area (Å²) >= 11 is 0. The molecule has 0 bridgehead atoms. The van der Waals surface area contributed by atoms with Crippen LogP contribution in [0.3, 0.4) is 0 Å². The lowest BCUT2D eigenvalue weighted by atomic mass is 10.0. The number of hydrogen-bond donors (Lipinski definition) is 3. The molecule has 0 rings (SSSR count). The highest BCUT2D eigenvalue weighted by atomic mass is 31.2. The molecule has 0 saturated heterocycles. The Kier molecular flexibility index (Phi) is 69.6. The minimum Gasteiger partial charge on any atom is -0.462 e. The fraction of sp³-hybridized carbons (Fsp3) is 0.949. The third kappa shape index (κ3) is 72.2. The first kappa shape index (κ1) is 95.1. The summed E-state index contributed by atoms with van der Waals surface area (Å²) in [5.74, 6) is -1.29. The molecule has 576 valence electrons. The summed E-state index contributed by atoms with van der Waals surface area (Å²) in [6.45, 7) is 7.32. The number of rotatable bonds is 78. The van der Waals surface area contributed by atoms with Gasteiger partial charge in [-0.3, -0.25) is 37.3 Å². The molecule has 0 spiro atoms. The molecule has 0 aromatic carbocycles. The number of unbranched alkanes of at least 4 members (excludes halogenated alkanes) is 50. The highest BCUT2D eigenvalue weighted by Crippen LogP contribution is 2.45. The molecule has 3 N–H and O–H groups in total. The van der Waals surface area contributed by atoms with E-state index >= 15 is 0 Å². The Hall–Kier alpha value is -1.94. The molecule has 0 fully saturated rings. The van der Waals surface area contributed by atoms with Crippen LogP contribution >= 0.6 is 15.6 Å². The van der Waals surface area contributed by atoms with Crippen LogP contribution in [0, 0.1) is 5.92 Å². The lowest BCUT2D eigenvalue weighted by Crippen LogP contribution is -2.30. The molecule has 0 heterocycles. The molecular formula is C78H152O17P2. The Balaban J connectivity index is 5.18. The molecule has 97 heavy (non-hydrogen) atoms. The monoisotopic (exact) mass is 1420 g/mol. The molecule has 0 aromatic heterocycles. The molecule has 0 aromatic rings. The van der Waals surface area contributed by atoms with Crippen LogP contribution in [0.1, 0.15) is 413 Å². The van der Waals surface area contributed by atoms with Crippen LogP contribution in [0.15, 0.2) is 0 Å². The SMILES string of the molecule is CCCCCCCCCCCCCCCCCCC(=O)OC[C@H](COP(=O)(O)OC[C@@H](O)COP(=O)(O)OC[C@@H](COC(=O)CCCCCCCCCC)OC(=O)CCCCCCCCCCCCCC)OC(=O)CCCCCCCCCCCCCCCCCCCCC(C)C. The van der Waals surface area contributed by atoms with Crippen molar-refractivity contribution in [1.29, 1.82) is 0 Å². The Morgan fingerprint density at radius 2 is 0.474 bits per heavy atom. The third-order valence-corrected chi connectivity index (χ3v) is 20.2. The molecule has 19 heteroatoms. The zero-order valence-electron chi connectivity index (χ0n) is 63.2. The number of hydrogen-bond acceptors (Lipinski definition) is 15. The van der Waals surface area contributed by atoms with Crippen molar-refractivity contribution in [3.63, 3.8) is 0 Å². The van der Waals surface area contributed by atoms with Gasteiger partial charge in [0.15, 0.2) is 12.2 Å². The lowest BCUT2D eigenvalue weighted by molar-refractivity contribution is -0.161. The van der Waals surface area contributed by atoms with E-state index in [0.717, 1.165) is 102 Å². The van der Waals surface area contributed by atoms with Gasteiger partial charge in [-0.05, 0) is 31.6 Å². The molecule has 0 radical (unpaired) electrons. The molecule has 2 unspecified atom stereocenters. The summed E-state index contributed by atoms with van der Waals surface area (Å²) in [7, 11) is -9.91. The molecule has 0 aliphatic carbocycles. The lowest BCUT2D eigenvalue weighted by Gasteiger charge is -2.21. The van der Waals surface area contributed by atoms with Crippen LogP contribution in [0.5, 0.6) is 0 Å². The highest BCUT2D eigenvalue weighted by molar-refractivity contribution is 7.47. The summed E-state index contributed by atoms with van der Waals surface area (Å²) in [6.07, 6.45) is 61.1. The van der Waals surface area contributed by atoms with Gasteiger partial charge in [0, 0.05) is 25.7 Å². The van der Waals surface area contributed by atoms with E-state index in [2.05, 4.69) is 34.6 Å². The zero-order valence-corrected chi connectivity index (χ0v) is 65.0. The number of phosphoric acid groups is 2. The van der Waals surface area contributed by atoms with E-state index in [1.54, 1.807) is 0 Å². The summed E-state index contributed by atoms with van der Waals surface area (Å²) in [6, 6.07) is 0. The molecule has 17 nitrogen and oxygen atoms in total. The first-order valence-electron chi connectivity index (χ1n) is 40.6. The Morgan fingerprint density at radius 3 is 0.701 bits per heavy atom. The maximum absolute atomic E-state index is 13.1. The van der Waals surface area contributed by atoms with Gasteiger partial charge in [0.05, 0.1) is 26.4 Å². The Labute approximate surface area is 594 Å². The number of esters is 4. The average Bonchev–Trinajstić information content (AvgIpc) is 1.65. The summed E-state index contributed by atoms with van der Waals surface area (Å²) in [5.41, 5.74) is 0. The van der Waals surface area contributed by atoms with Crippen molar-refractivity contribution in [3.05, 3.63) is 0 Å². The molecule has 0 amide bonds. The van der Waals surface area contributed by atoms with Gasteiger partial charge in [-0.1, -0.05) is 362 Å². The highest BCUT2D eigenvalue weighted by Gasteiger charge is 2.30. The second-order valence-corrected chi connectivity index (χ2v) is 31.5. The van der Waals surface area contributed by atoms with E-state index in [0.29, 0.717) is 25.7 Å². The fourth-order valence-corrected chi connectivity index (χ4v) is 13.6. The fourth-order valence-electron chi connectivity index (χ4n) is 12.1. The smallest absolute Gasteiger partial charge is 0.462 e. The van der Waals surface area contributed by atoms with E-state index in [9.17, 15) is 43.2 Å². The van der Waals surface area contributed by atoms with E-state index in [1.807, 2.05) is 0 Å². The van der Waals surface area contributed by atoms with E-state index < -0.39 is 97.5 Å². The van der Waals surface area contributed by atoms with Gasteiger partial charge in [-0.15, -0.1) is 0 Å². The van der Waals surface area contributed by atoms with Crippen molar-refractivity contribution in [3.8, 4) is 0 Å². The van der Waals surface area contributed by atoms with Gasteiger partial charge in [0.2, 0.25) is 0 Å². The van der Waals surface area contributed by atoms with Crippen LogP contribution < -0.4 is 0 Å². The Morgan fingerprint density at radius 1 is 0.278 bits per heavy atom. The summed E-state index contributed by atoms with van der Waals surface area (Å²) in [5, 5.41) is 10.6. The topological polar surface area (TPSA) is 237 Å². The third-order valence-electron chi connectivity index (χ3n) is 18.3. The summed E-state index contributed by atoms with van der Waals surface area (Å²) < 4.78 is 68.5. The second kappa shape index (κ2) is 71.1. The molecule has 0 saturated carbocycles. The Bertz CT molecular complexity index is 1860. The minimum absolute atomic E-state index is 0.108. The van der Waals surface area contributed by atoms with Crippen molar-refractivity contribution < 1.29 is 80.2 Å². The van der Waals surface area contributed by atoms with Gasteiger partial charge >= 0.3 is 39.5 Å². The number of ether oxygens (including phenoxy) is 4. The largest absolute Gasteiger partial charge is 0.472 e. The molecular weight excluding hydrogens is 1270 g/mol. The van der Waals surface area contributed by atoms with Crippen LogP contribution in [0.2, 0.25) is 0 Å². The maximum atomic E-state index is 13.1. The molecule has 5 atom stereocenters. The van der Waals surface area contributed by atoms with Crippen molar-refractivity contribution >= 4 is 39.5 Å². The van der Waals surface area contributed by atoms with E-state index in [-0.39, 0.29) is 25.7 Å². The molecule has 0 aliphatic rings. The van der Waals surface area contributed by atoms with E-state index in [4.69, 9.17) is 37.0 Å². The number of carbonyl (C=O) groups excluding carboxylic acids is 4. The van der Waals surface area contributed by atoms with E-state index in [1.165, 1.54) is 231 Å². The maximum Gasteiger partial charge on any atom is 0.472 e. The van der Waals surface area contributed by atoms with Crippen LogP contribution in [0.4, 0.5) is 0 Å². The quantitative estimate of drug-likeness (QED) is 0.0222. The van der Waals surface area contributed by atoms with Crippen molar-refractivity contribution in [2.24, 2.45) is 5.92 Å². The second-order valence-electron chi connectivity index (χ2n) is 28.6. The minimum atomic E-state index is -4.96. The predicted molar refractivity (Wildman–Crippen MR) is 395 cm³/mol. The van der Waals surface area contributed by atoms with Crippen LogP contribution in [-0.2, 0) is 65.4 Å². The van der Waals surface area contributed by atoms with Gasteiger partial charge in [-0.2, -0.15) is 0 Å². The first-order chi connectivity index (χ1) is 47.0. The van der Waals surface area contributed by atoms with Crippen molar-refractivity contribution in [2.45, 2.75) is 432 Å². The normalized spacial score (nSPS) is 13.9. The van der Waals surface area contributed by atoms with Crippen molar-refractivity contribution in [2.75, 3.05) is 39.6 Å². The predicted octanol–water partition coefficient (Wildman–Crippen LogP) is 23.3. The summed E-state index contributed by atoms with van der Waals surface area (Å²) in [4.78, 5) is 72.8. The zero-order chi connectivity index (χ0) is 71.2. The standard InChI is InChI=1S/C78H152O17P2/c1-6-9-12-15-18-21-23-25-26-32-35-39-42-47-52-57-62-76(81)89-68-74(95-78(83)64-59-54-49-44-40-36-33-30-28-27-29-31-34-37-41-45-50-55-60-71(4)5)70-93-97(86,87)91-66-72(79)65-90-96(84,85)92-69-73(67-88-75(80)61-56-51-46-20-17-14-11-8-3)94-77(82)63-58-53-48-43-38-24-22-19-16-13-10-7-2/h71-74,79H,6-70H2,1-5H3,(H,84,85)(H,86,87)/t72-,73+,74+/m0/s1. The molecule has 0 aliphatic heterocycles. The van der Waals surface area contributed by atoms with Gasteiger partial charge in [0.25, 0.3) is 0 Å². The van der Waals surface area contributed by atoms with Gasteiger partial charge in [-0.25, -0.2) is 9.13 Å². The average molecular weight is 1420 g/mol. The first-order valence-corrected chi connectivity index (χ1v) is 43.6. The number of aliphatic hydroxyl groups is 1. The number of carbonyl (C=O) groups is 4. The van der Waals surface area contributed by atoms with Gasteiger partial charge in [0.1, 0.15) is 19.3 Å². The van der Waals surface area contributed by atoms with Crippen molar-refractivity contribution in [1.82, 2.24) is 0 Å². The number of aliphatic hydroxyl groups excluding tert-OH is 1. The van der Waals surface area contributed by atoms with Crippen LogP contribution in [-0.4, -0.2) is 96.7 Å². The van der Waals surface area contributed by atoms with Gasteiger partial charge < -0.3 is 33.8 Å².